The SMILES string of the molecule is CC(C)Nc1nc(Nc2ccc(F)c([N+](=O)[O-])c2)cc(-c2ccncc2)n1. The lowest BCUT2D eigenvalue weighted by Gasteiger charge is -2.13. The number of rotatable bonds is 6. The lowest BCUT2D eigenvalue weighted by Crippen LogP contribution is -2.13. The van der Waals surface area contributed by atoms with Crippen LogP contribution in [0.15, 0.2) is 48.8 Å². The molecule has 0 saturated heterocycles. The summed E-state index contributed by atoms with van der Waals surface area (Å²) in [6, 6.07) is 9.01. The van der Waals surface area contributed by atoms with Crippen molar-refractivity contribution < 1.29 is 9.31 Å². The second-order valence-electron chi connectivity index (χ2n) is 6.05. The zero-order valence-electron chi connectivity index (χ0n) is 14.7. The van der Waals surface area contributed by atoms with E-state index in [1.54, 1.807) is 18.5 Å². The average molecular weight is 368 g/mol. The molecule has 0 atom stereocenters. The van der Waals surface area contributed by atoms with Crippen molar-refractivity contribution in [3.8, 4) is 11.3 Å². The van der Waals surface area contributed by atoms with Crippen LogP contribution in [0.1, 0.15) is 13.8 Å². The van der Waals surface area contributed by atoms with Gasteiger partial charge in [-0.25, -0.2) is 4.98 Å². The Morgan fingerprint density at radius 3 is 2.52 bits per heavy atom. The van der Waals surface area contributed by atoms with Crippen molar-refractivity contribution in [3.05, 3.63) is 64.7 Å². The third-order valence-electron chi connectivity index (χ3n) is 3.54. The van der Waals surface area contributed by atoms with E-state index in [-0.39, 0.29) is 6.04 Å². The number of hydrogen-bond donors (Lipinski definition) is 2. The molecule has 3 rings (SSSR count). The van der Waals surface area contributed by atoms with Gasteiger partial charge in [-0.1, -0.05) is 0 Å². The molecular weight excluding hydrogens is 351 g/mol. The largest absolute Gasteiger partial charge is 0.352 e. The summed E-state index contributed by atoms with van der Waals surface area (Å²) in [6.07, 6.45) is 3.31. The van der Waals surface area contributed by atoms with Gasteiger partial charge in [-0.3, -0.25) is 15.1 Å². The molecule has 0 aliphatic rings. The first-order chi connectivity index (χ1) is 12.9. The first-order valence-electron chi connectivity index (χ1n) is 8.19. The van der Waals surface area contributed by atoms with Gasteiger partial charge >= 0.3 is 5.69 Å². The van der Waals surface area contributed by atoms with Gasteiger partial charge in [0.25, 0.3) is 0 Å². The fourth-order valence-corrected chi connectivity index (χ4v) is 2.38. The van der Waals surface area contributed by atoms with E-state index in [0.29, 0.717) is 23.1 Å². The van der Waals surface area contributed by atoms with Crippen molar-refractivity contribution in [3.63, 3.8) is 0 Å². The van der Waals surface area contributed by atoms with Crippen LogP contribution in [0.5, 0.6) is 0 Å². The quantitative estimate of drug-likeness (QED) is 0.497. The summed E-state index contributed by atoms with van der Waals surface area (Å²) in [5.41, 5.74) is 1.23. The van der Waals surface area contributed by atoms with Crippen LogP contribution in [0.25, 0.3) is 11.3 Å². The predicted octanol–water partition coefficient (Wildman–Crippen LogP) is 4.15. The molecule has 0 aliphatic heterocycles. The Balaban J connectivity index is 1.99. The molecule has 27 heavy (non-hydrogen) atoms. The van der Waals surface area contributed by atoms with E-state index in [4.69, 9.17) is 0 Å². The summed E-state index contributed by atoms with van der Waals surface area (Å²) in [4.78, 5) is 23.0. The number of hydrogen-bond acceptors (Lipinski definition) is 7. The Morgan fingerprint density at radius 1 is 1.11 bits per heavy atom. The molecule has 0 saturated carbocycles. The van der Waals surface area contributed by atoms with Gasteiger partial charge in [0.05, 0.1) is 10.6 Å². The van der Waals surface area contributed by atoms with Crippen LogP contribution in [0, 0.1) is 15.9 Å². The second-order valence-corrected chi connectivity index (χ2v) is 6.05. The molecule has 0 bridgehead atoms. The number of nitro benzene ring substituents is 1. The standard InChI is InChI=1S/C18H17FN6O2/c1-11(2)21-18-23-15(12-5-7-20-8-6-12)10-17(24-18)22-13-3-4-14(19)16(9-13)25(26)27/h3-11H,1-2H3,(H2,21,22,23,24). The maximum atomic E-state index is 13.5. The molecule has 0 fully saturated rings. The van der Waals surface area contributed by atoms with E-state index < -0.39 is 16.4 Å². The number of pyridine rings is 1. The average Bonchev–Trinajstić information content (AvgIpc) is 2.63. The summed E-state index contributed by atoms with van der Waals surface area (Å²) in [7, 11) is 0. The molecule has 0 amide bonds. The fraction of sp³-hybridized carbons (Fsp3) is 0.167. The topological polar surface area (TPSA) is 106 Å². The van der Waals surface area contributed by atoms with Gasteiger partial charge < -0.3 is 10.6 Å². The van der Waals surface area contributed by atoms with E-state index in [0.717, 1.165) is 17.7 Å². The third-order valence-corrected chi connectivity index (χ3v) is 3.54. The number of nitrogens with one attached hydrogen (secondary N) is 2. The number of aromatic nitrogens is 3. The molecule has 3 aromatic rings. The van der Waals surface area contributed by atoms with Crippen LogP contribution in [0.2, 0.25) is 0 Å². The van der Waals surface area contributed by atoms with Crippen molar-refractivity contribution in [2.75, 3.05) is 10.6 Å². The van der Waals surface area contributed by atoms with E-state index in [1.165, 1.54) is 6.07 Å². The lowest BCUT2D eigenvalue weighted by atomic mass is 10.2. The monoisotopic (exact) mass is 368 g/mol. The predicted molar refractivity (Wildman–Crippen MR) is 100 cm³/mol. The summed E-state index contributed by atoms with van der Waals surface area (Å²) in [5.74, 6) is -0.0767. The van der Waals surface area contributed by atoms with Gasteiger partial charge in [0.15, 0.2) is 0 Å². The second kappa shape index (κ2) is 7.73. The molecule has 2 heterocycles. The molecule has 1 aromatic carbocycles. The Morgan fingerprint density at radius 2 is 1.85 bits per heavy atom. The van der Waals surface area contributed by atoms with Gasteiger partial charge in [0.1, 0.15) is 5.82 Å². The number of benzene rings is 1. The van der Waals surface area contributed by atoms with Crippen molar-refractivity contribution in [1.29, 1.82) is 0 Å². The summed E-state index contributed by atoms with van der Waals surface area (Å²) < 4.78 is 13.5. The summed E-state index contributed by atoms with van der Waals surface area (Å²) in [5, 5.41) is 17.0. The molecule has 2 N–H and O–H groups in total. The number of nitrogens with zero attached hydrogens (tertiary/aromatic N) is 4. The highest BCUT2D eigenvalue weighted by molar-refractivity contribution is 5.68. The van der Waals surface area contributed by atoms with Gasteiger partial charge in [0.2, 0.25) is 11.8 Å². The summed E-state index contributed by atoms with van der Waals surface area (Å²) in [6.45, 7) is 3.91. The van der Waals surface area contributed by atoms with Crippen LogP contribution in [-0.2, 0) is 0 Å². The third kappa shape index (κ3) is 4.51. The Kier molecular flexibility index (Phi) is 5.20. The molecule has 0 radical (unpaired) electrons. The van der Waals surface area contributed by atoms with Crippen LogP contribution >= 0.6 is 0 Å². The van der Waals surface area contributed by atoms with E-state index in [1.807, 2.05) is 26.0 Å². The van der Waals surface area contributed by atoms with Gasteiger partial charge in [-0.05, 0) is 38.1 Å². The van der Waals surface area contributed by atoms with Crippen molar-refractivity contribution >= 4 is 23.1 Å². The molecule has 0 aliphatic carbocycles. The maximum absolute atomic E-state index is 13.5. The fourth-order valence-electron chi connectivity index (χ4n) is 2.38. The first kappa shape index (κ1) is 18.2. The molecule has 0 spiro atoms. The number of halogens is 1. The Bertz CT molecular complexity index is 965. The minimum Gasteiger partial charge on any atom is -0.352 e. The minimum atomic E-state index is -0.895. The highest BCUT2D eigenvalue weighted by Crippen LogP contribution is 2.26. The Hall–Kier alpha value is -3.62. The molecule has 9 heteroatoms. The van der Waals surface area contributed by atoms with Crippen molar-refractivity contribution in [2.45, 2.75) is 19.9 Å². The van der Waals surface area contributed by atoms with Gasteiger partial charge in [0, 0.05) is 41.8 Å². The highest BCUT2D eigenvalue weighted by atomic mass is 19.1. The van der Waals surface area contributed by atoms with Crippen molar-refractivity contribution in [1.82, 2.24) is 15.0 Å². The highest BCUT2D eigenvalue weighted by Gasteiger charge is 2.15. The lowest BCUT2D eigenvalue weighted by molar-refractivity contribution is -0.387. The first-order valence-corrected chi connectivity index (χ1v) is 8.19. The minimum absolute atomic E-state index is 0.109. The normalized spacial score (nSPS) is 10.7. The molecule has 0 unspecified atom stereocenters. The van der Waals surface area contributed by atoms with E-state index in [2.05, 4.69) is 25.6 Å². The van der Waals surface area contributed by atoms with Crippen LogP contribution < -0.4 is 10.6 Å². The number of anilines is 3. The molecule has 2 aromatic heterocycles. The van der Waals surface area contributed by atoms with Crippen LogP contribution in [0.3, 0.4) is 0 Å². The molecule has 138 valence electrons. The smallest absolute Gasteiger partial charge is 0.306 e. The van der Waals surface area contributed by atoms with Crippen LogP contribution in [0.4, 0.5) is 27.5 Å². The van der Waals surface area contributed by atoms with Crippen molar-refractivity contribution in [2.24, 2.45) is 0 Å². The van der Waals surface area contributed by atoms with E-state index in [9.17, 15) is 14.5 Å². The summed E-state index contributed by atoms with van der Waals surface area (Å²) >= 11 is 0. The molecular formula is C18H17FN6O2. The van der Waals surface area contributed by atoms with E-state index >= 15 is 0 Å². The zero-order chi connectivity index (χ0) is 19.4. The van der Waals surface area contributed by atoms with Crippen LogP contribution in [-0.4, -0.2) is 25.9 Å². The van der Waals surface area contributed by atoms with Gasteiger partial charge in [-0.2, -0.15) is 9.37 Å². The molecule has 8 nitrogen and oxygen atoms in total. The Labute approximate surface area is 154 Å². The number of nitro groups is 1. The zero-order valence-corrected chi connectivity index (χ0v) is 14.7. The van der Waals surface area contributed by atoms with Gasteiger partial charge in [-0.15, -0.1) is 0 Å². The maximum Gasteiger partial charge on any atom is 0.306 e.